The van der Waals surface area contributed by atoms with E-state index in [1.807, 2.05) is 0 Å². The minimum Gasteiger partial charge on any atom is -0.478 e. The summed E-state index contributed by atoms with van der Waals surface area (Å²) in [5.74, 6) is -0.940. The van der Waals surface area contributed by atoms with Crippen molar-refractivity contribution in [1.29, 1.82) is 0 Å². The Bertz CT molecular complexity index is 817. The van der Waals surface area contributed by atoms with E-state index < -0.39 is 5.97 Å². The molecule has 4 nitrogen and oxygen atoms in total. The van der Waals surface area contributed by atoms with Crippen LogP contribution in [0.25, 0.3) is 22.4 Å². The van der Waals surface area contributed by atoms with Gasteiger partial charge in [0, 0.05) is 11.1 Å². The van der Waals surface area contributed by atoms with Crippen molar-refractivity contribution in [1.82, 2.24) is 5.16 Å². The second kappa shape index (κ2) is 7.13. The van der Waals surface area contributed by atoms with Crippen molar-refractivity contribution in [3.8, 4) is 22.4 Å². The maximum absolute atomic E-state index is 11.0. The molecule has 0 saturated carbocycles. The topological polar surface area (TPSA) is 63.3 Å². The highest BCUT2D eigenvalue weighted by Crippen LogP contribution is 2.31. The third-order valence-corrected chi connectivity index (χ3v) is 4.06. The van der Waals surface area contributed by atoms with Crippen LogP contribution in [-0.2, 0) is 6.42 Å². The first-order valence-corrected chi connectivity index (χ1v) is 8.06. The van der Waals surface area contributed by atoms with Gasteiger partial charge in [-0.05, 0) is 36.1 Å². The number of aromatic nitrogens is 1. The van der Waals surface area contributed by atoms with Crippen molar-refractivity contribution in [2.75, 3.05) is 0 Å². The molecule has 4 heteroatoms. The molecule has 0 bridgehead atoms. The van der Waals surface area contributed by atoms with Gasteiger partial charge >= 0.3 is 5.97 Å². The molecule has 0 aliphatic heterocycles. The minimum absolute atomic E-state index is 0.254. The van der Waals surface area contributed by atoms with E-state index in [9.17, 15) is 4.79 Å². The van der Waals surface area contributed by atoms with Crippen LogP contribution in [0.1, 0.15) is 35.7 Å². The standard InChI is InChI=1S/C20H19NO3/c1-2-3-4-14-5-7-15(8-6-14)18-13-24-21-19(18)16-9-11-17(12-10-16)20(22)23/h5-13H,2-4H2,1H3,(H,22,23). The van der Waals surface area contributed by atoms with Crippen LogP contribution >= 0.6 is 0 Å². The molecule has 3 aromatic rings. The van der Waals surface area contributed by atoms with Crippen LogP contribution in [0.5, 0.6) is 0 Å². The SMILES string of the molecule is CCCCc1ccc(-c2conc2-c2ccc(C(=O)O)cc2)cc1. The molecular formula is C20H19NO3. The molecule has 0 fully saturated rings. The predicted octanol–water partition coefficient (Wildman–Crippen LogP) is 5.05. The van der Waals surface area contributed by atoms with E-state index in [0.717, 1.165) is 23.1 Å². The van der Waals surface area contributed by atoms with E-state index >= 15 is 0 Å². The highest BCUT2D eigenvalue weighted by molar-refractivity contribution is 5.89. The summed E-state index contributed by atoms with van der Waals surface area (Å²) >= 11 is 0. The minimum atomic E-state index is -0.940. The average Bonchev–Trinajstić information content (AvgIpc) is 3.10. The van der Waals surface area contributed by atoms with Gasteiger partial charge < -0.3 is 9.63 Å². The van der Waals surface area contributed by atoms with Crippen molar-refractivity contribution in [2.45, 2.75) is 26.2 Å². The quantitative estimate of drug-likeness (QED) is 0.690. The Hall–Kier alpha value is -2.88. The largest absolute Gasteiger partial charge is 0.478 e. The number of hydrogen-bond donors (Lipinski definition) is 1. The first kappa shape index (κ1) is 16.0. The molecule has 0 aliphatic carbocycles. The van der Waals surface area contributed by atoms with Gasteiger partial charge in [0.2, 0.25) is 0 Å². The number of carboxylic acid groups (broad SMARTS) is 1. The molecule has 0 atom stereocenters. The van der Waals surface area contributed by atoms with E-state index in [2.05, 4.69) is 36.3 Å². The third-order valence-electron chi connectivity index (χ3n) is 4.06. The molecule has 0 saturated heterocycles. The van der Waals surface area contributed by atoms with Crippen LogP contribution in [0.2, 0.25) is 0 Å². The summed E-state index contributed by atoms with van der Waals surface area (Å²) in [5.41, 5.74) is 5.06. The summed E-state index contributed by atoms with van der Waals surface area (Å²) in [4.78, 5) is 11.0. The number of carboxylic acids is 1. The van der Waals surface area contributed by atoms with E-state index in [0.29, 0.717) is 5.69 Å². The molecule has 0 radical (unpaired) electrons. The zero-order chi connectivity index (χ0) is 16.9. The summed E-state index contributed by atoms with van der Waals surface area (Å²) < 4.78 is 5.16. The molecule has 0 aliphatic rings. The van der Waals surface area contributed by atoms with Gasteiger partial charge in [-0.3, -0.25) is 0 Å². The van der Waals surface area contributed by atoms with E-state index in [4.69, 9.17) is 9.63 Å². The summed E-state index contributed by atoms with van der Waals surface area (Å²) in [6.45, 7) is 2.19. The third kappa shape index (κ3) is 3.38. The van der Waals surface area contributed by atoms with Gasteiger partial charge in [0.15, 0.2) is 0 Å². The normalized spacial score (nSPS) is 10.7. The lowest BCUT2D eigenvalue weighted by Crippen LogP contribution is -1.95. The number of nitrogens with zero attached hydrogens (tertiary/aromatic N) is 1. The van der Waals surface area contributed by atoms with Gasteiger partial charge in [-0.2, -0.15) is 0 Å². The molecule has 1 heterocycles. The van der Waals surface area contributed by atoms with Crippen molar-refractivity contribution in [3.05, 3.63) is 65.9 Å². The van der Waals surface area contributed by atoms with Crippen molar-refractivity contribution >= 4 is 5.97 Å². The van der Waals surface area contributed by atoms with Crippen LogP contribution in [0.3, 0.4) is 0 Å². The first-order valence-electron chi connectivity index (χ1n) is 8.06. The van der Waals surface area contributed by atoms with Crippen LogP contribution < -0.4 is 0 Å². The molecule has 0 amide bonds. The fourth-order valence-electron chi connectivity index (χ4n) is 2.65. The van der Waals surface area contributed by atoms with Gasteiger partial charge in [-0.25, -0.2) is 4.79 Å². The van der Waals surface area contributed by atoms with Crippen molar-refractivity contribution in [3.63, 3.8) is 0 Å². The Labute approximate surface area is 140 Å². The Morgan fingerprint density at radius 3 is 2.33 bits per heavy atom. The fraction of sp³-hybridized carbons (Fsp3) is 0.200. The fourth-order valence-corrected chi connectivity index (χ4v) is 2.65. The van der Waals surface area contributed by atoms with Crippen molar-refractivity contribution in [2.24, 2.45) is 0 Å². The number of carbonyl (C=O) groups is 1. The molecule has 0 spiro atoms. The van der Waals surface area contributed by atoms with Gasteiger partial charge in [0.25, 0.3) is 0 Å². The number of benzene rings is 2. The molecule has 0 unspecified atom stereocenters. The summed E-state index contributed by atoms with van der Waals surface area (Å²) in [5, 5.41) is 13.1. The smallest absolute Gasteiger partial charge is 0.335 e. The second-order valence-corrected chi connectivity index (χ2v) is 5.76. The zero-order valence-corrected chi connectivity index (χ0v) is 13.5. The van der Waals surface area contributed by atoms with Crippen molar-refractivity contribution < 1.29 is 14.4 Å². The zero-order valence-electron chi connectivity index (χ0n) is 13.5. The number of aromatic carboxylic acids is 1. The maximum Gasteiger partial charge on any atom is 0.335 e. The lowest BCUT2D eigenvalue weighted by molar-refractivity contribution is 0.0697. The van der Waals surface area contributed by atoms with E-state index in [-0.39, 0.29) is 5.56 Å². The van der Waals surface area contributed by atoms with E-state index in [1.165, 1.54) is 18.4 Å². The number of aryl methyl sites for hydroxylation is 1. The Morgan fingerprint density at radius 1 is 1.04 bits per heavy atom. The summed E-state index contributed by atoms with van der Waals surface area (Å²) in [7, 11) is 0. The van der Waals surface area contributed by atoms with Gasteiger partial charge in [0.05, 0.1) is 5.56 Å². The van der Waals surface area contributed by atoms with Gasteiger partial charge in [-0.15, -0.1) is 0 Å². The van der Waals surface area contributed by atoms with Crippen LogP contribution in [0.4, 0.5) is 0 Å². The summed E-state index contributed by atoms with van der Waals surface area (Å²) in [6.07, 6.45) is 5.09. The monoisotopic (exact) mass is 321 g/mol. The van der Waals surface area contributed by atoms with Gasteiger partial charge in [-0.1, -0.05) is 54.9 Å². The highest BCUT2D eigenvalue weighted by Gasteiger charge is 2.13. The molecule has 1 N–H and O–H groups in total. The maximum atomic E-state index is 11.0. The molecular weight excluding hydrogens is 302 g/mol. The lowest BCUT2D eigenvalue weighted by atomic mass is 9.99. The van der Waals surface area contributed by atoms with Crippen LogP contribution in [0, 0.1) is 0 Å². The highest BCUT2D eigenvalue weighted by atomic mass is 16.5. The number of unbranched alkanes of at least 4 members (excludes halogenated alkanes) is 1. The second-order valence-electron chi connectivity index (χ2n) is 5.76. The Morgan fingerprint density at radius 2 is 1.71 bits per heavy atom. The molecule has 1 aromatic heterocycles. The summed E-state index contributed by atoms with van der Waals surface area (Å²) in [6, 6.07) is 15.1. The van der Waals surface area contributed by atoms with Crippen LogP contribution in [-0.4, -0.2) is 16.2 Å². The molecule has 122 valence electrons. The van der Waals surface area contributed by atoms with Gasteiger partial charge in [0.1, 0.15) is 12.0 Å². The Kier molecular flexibility index (Phi) is 4.75. The average molecular weight is 321 g/mol. The number of hydrogen-bond acceptors (Lipinski definition) is 3. The lowest BCUT2D eigenvalue weighted by Gasteiger charge is -2.04. The first-order chi connectivity index (χ1) is 11.7. The Balaban J connectivity index is 1.88. The van der Waals surface area contributed by atoms with E-state index in [1.54, 1.807) is 30.5 Å². The molecule has 3 rings (SSSR count). The molecule has 24 heavy (non-hydrogen) atoms. The molecule has 2 aromatic carbocycles. The predicted molar refractivity (Wildman–Crippen MR) is 92.9 cm³/mol. The van der Waals surface area contributed by atoms with Crippen LogP contribution in [0.15, 0.2) is 59.3 Å². The number of rotatable bonds is 6.